The molecule has 0 fully saturated rings. The number of phenols is 2. The SMILES string of the molecule is C[N-]C(Cc1ccc(O)c(-c2cc(CC([N-]C)C(N)=O)ccc2O)c1)C(N)=O. The Morgan fingerprint density at radius 1 is 0.821 bits per heavy atom. The summed E-state index contributed by atoms with van der Waals surface area (Å²) >= 11 is 0. The molecular weight excluding hydrogens is 360 g/mol. The van der Waals surface area contributed by atoms with Crippen molar-refractivity contribution in [3.05, 3.63) is 58.2 Å². The van der Waals surface area contributed by atoms with Gasteiger partial charge in [0.1, 0.15) is 11.5 Å². The highest BCUT2D eigenvalue weighted by atomic mass is 16.3. The first-order valence-corrected chi connectivity index (χ1v) is 8.67. The van der Waals surface area contributed by atoms with Crippen LogP contribution in [0.4, 0.5) is 0 Å². The van der Waals surface area contributed by atoms with Gasteiger partial charge in [-0.25, -0.2) is 0 Å². The zero-order chi connectivity index (χ0) is 20.8. The molecule has 2 amide bonds. The molecule has 150 valence electrons. The molecule has 0 aliphatic heterocycles. The van der Waals surface area contributed by atoms with E-state index in [1.54, 1.807) is 24.3 Å². The van der Waals surface area contributed by atoms with Gasteiger partial charge in [-0.3, -0.25) is 9.59 Å². The van der Waals surface area contributed by atoms with Gasteiger partial charge in [-0.05, 0) is 48.2 Å². The van der Waals surface area contributed by atoms with Gasteiger partial charge in [-0.1, -0.05) is 24.2 Å². The summed E-state index contributed by atoms with van der Waals surface area (Å²) in [5.41, 5.74) is 12.9. The smallest absolute Gasteiger partial charge is 0.200 e. The van der Waals surface area contributed by atoms with E-state index in [0.717, 1.165) is 11.1 Å². The molecule has 0 aliphatic rings. The molecule has 0 spiro atoms. The molecule has 2 unspecified atom stereocenters. The summed E-state index contributed by atoms with van der Waals surface area (Å²) in [5.74, 6) is -1.15. The lowest BCUT2D eigenvalue weighted by Crippen LogP contribution is -2.29. The van der Waals surface area contributed by atoms with Crippen LogP contribution in [0.25, 0.3) is 21.8 Å². The number of carbonyl (C=O) groups excluding carboxylic acids is 2. The van der Waals surface area contributed by atoms with Crippen LogP contribution < -0.4 is 11.5 Å². The Morgan fingerprint density at radius 2 is 1.18 bits per heavy atom. The topological polar surface area (TPSA) is 155 Å². The summed E-state index contributed by atoms with van der Waals surface area (Å²) in [6, 6.07) is 8.28. The Balaban J connectivity index is 2.40. The van der Waals surface area contributed by atoms with Crippen molar-refractivity contribution >= 4 is 11.8 Å². The van der Waals surface area contributed by atoms with E-state index in [9.17, 15) is 19.8 Å². The van der Waals surface area contributed by atoms with E-state index in [0.29, 0.717) is 11.1 Å². The quantitative estimate of drug-likeness (QED) is 0.518. The molecule has 2 rings (SSSR count). The van der Waals surface area contributed by atoms with Gasteiger partial charge in [-0.15, -0.1) is 0 Å². The molecule has 0 aromatic heterocycles. The van der Waals surface area contributed by atoms with Crippen molar-refractivity contribution in [1.82, 2.24) is 0 Å². The third kappa shape index (κ3) is 4.99. The van der Waals surface area contributed by atoms with Crippen LogP contribution in [0.5, 0.6) is 11.5 Å². The van der Waals surface area contributed by atoms with E-state index < -0.39 is 23.9 Å². The minimum absolute atomic E-state index is 0.0353. The van der Waals surface area contributed by atoms with E-state index in [-0.39, 0.29) is 24.3 Å². The van der Waals surface area contributed by atoms with Crippen molar-refractivity contribution in [3.8, 4) is 22.6 Å². The van der Waals surface area contributed by atoms with E-state index >= 15 is 0 Å². The molecule has 8 nitrogen and oxygen atoms in total. The Morgan fingerprint density at radius 3 is 1.46 bits per heavy atom. The van der Waals surface area contributed by atoms with Crippen LogP contribution >= 0.6 is 0 Å². The van der Waals surface area contributed by atoms with Gasteiger partial charge in [0, 0.05) is 11.1 Å². The van der Waals surface area contributed by atoms with Gasteiger partial charge >= 0.3 is 0 Å². The van der Waals surface area contributed by atoms with Gasteiger partial charge in [0.25, 0.3) is 0 Å². The number of rotatable bonds is 9. The lowest BCUT2D eigenvalue weighted by atomic mass is 9.95. The van der Waals surface area contributed by atoms with E-state index in [2.05, 4.69) is 10.6 Å². The predicted octanol–water partition coefficient (Wildman–Crippen LogP) is 1.56. The third-order valence-electron chi connectivity index (χ3n) is 4.55. The van der Waals surface area contributed by atoms with Crippen molar-refractivity contribution in [1.29, 1.82) is 0 Å². The number of amides is 2. The van der Waals surface area contributed by atoms with Crippen LogP contribution in [0.1, 0.15) is 11.1 Å². The second-order valence-electron chi connectivity index (χ2n) is 6.46. The van der Waals surface area contributed by atoms with E-state index in [4.69, 9.17) is 11.5 Å². The highest BCUT2D eigenvalue weighted by Gasteiger charge is 2.14. The molecule has 8 heteroatoms. The van der Waals surface area contributed by atoms with Crippen molar-refractivity contribution in [3.63, 3.8) is 0 Å². The maximum absolute atomic E-state index is 11.4. The van der Waals surface area contributed by atoms with Crippen LogP contribution in [0, 0.1) is 0 Å². The summed E-state index contributed by atoms with van der Waals surface area (Å²) < 4.78 is 0. The molecule has 6 N–H and O–H groups in total. The molecule has 0 saturated carbocycles. The van der Waals surface area contributed by atoms with Crippen molar-refractivity contribution in [2.75, 3.05) is 14.1 Å². The van der Waals surface area contributed by atoms with Crippen LogP contribution in [-0.4, -0.2) is 48.2 Å². The number of nitrogens with two attached hydrogens (primary N) is 2. The number of carbonyl (C=O) groups is 2. The number of benzene rings is 2. The largest absolute Gasteiger partial charge is 0.654 e. The Kier molecular flexibility index (Phi) is 6.97. The summed E-state index contributed by atoms with van der Waals surface area (Å²) in [6.45, 7) is 0. The number of hydrogen-bond donors (Lipinski definition) is 4. The monoisotopic (exact) mass is 384 g/mol. The Hall–Kier alpha value is -3.10. The normalized spacial score (nSPS) is 13.1. The molecule has 0 aliphatic carbocycles. The Labute approximate surface area is 163 Å². The number of phenolic OH excluding ortho intramolecular Hbond substituents is 2. The summed E-state index contributed by atoms with van der Waals surface area (Å²) in [7, 11) is 3.03. The number of likely N-dealkylation sites (N-methyl/N-ethyl adjacent to an activating group) is 2. The standard InChI is InChI=1S/C20H24N4O4/c1-23-15(19(21)27)9-11-3-5-17(25)13(7-11)14-8-12(4-6-18(14)26)10-16(24-2)20(22)28/h3-8,15-16,25-26H,9-10H2,1-2H3,(H2,21,27)(H2,22,28)/q-2. The van der Waals surface area contributed by atoms with Crippen molar-refractivity contribution in [2.45, 2.75) is 24.9 Å². The first kappa shape index (κ1) is 21.2. The molecule has 0 radical (unpaired) electrons. The molecular formula is C20H24N4O4-2. The fourth-order valence-corrected chi connectivity index (χ4v) is 2.94. The van der Waals surface area contributed by atoms with Crippen LogP contribution in [0.2, 0.25) is 0 Å². The predicted molar refractivity (Wildman–Crippen MR) is 107 cm³/mol. The summed E-state index contributed by atoms with van der Waals surface area (Å²) in [6.07, 6.45) is 0.552. The van der Waals surface area contributed by atoms with E-state index in [1.165, 1.54) is 26.2 Å². The second-order valence-corrected chi connectivity index (χ2v) is 6.46. The highest BCUT2D eigenvalue weighted by Crippen LogP contribution is 2.37. The number of hydrogen-bond acceptors (Lipinski definition) is 4. The molecule has 0 bridgehead atoms. The van der Waals surface area contributed by atoms with Crippen molar-refractivity contribution < 1.29 is 19.8 Å². The molecule has 2 aromatic rings. The van der Waals surface area contributed by atoms with Crippen LogP contribution in [0.15, 0.2) is 36.4 Å². The van der Waals surface area contributed by atoms with Gasteiger partial charge in [0.2, 0.25) is 0 Å². The maximum atomic E-state index is 11.4. The fraction of sp³-hybridized carbons (Fsp3) is 0.300. The van der Waals surface area contributed by atoms with Gasteiger partial charge in [0.15, 0.2) is 11.8 Å². The van der Waals surface area contributed by atoms with Crippen LogP contribution in [0.3, 0.4) is 0 Å². The first-order valence-electron chi connectivity index (χ1n) is 8.67. The zero-order valence-corrected chi connectivity index (χ0v) is 15.8. The van der Waals surface area contributed by atoms with Gasteiger partial charge < -0.3 is 32.3 Å². The lowest BCUT2D eigenvalue weighted by Gasteiger charge is -2.25. The minimum atomic E-state index is -0.681. The third-order valence-corrected chi connectivity index (χ3v) is 4.55. The molecule has 2 aromatic carbocycles. The Bertz CT molecular complexity index is 798. The summed E-state index contributed by atoms with van der Waals surface area (Å²) in [4.78, 5) is 22.9. The van der Waals surface area contributed by atoms with Crippen LogP contribution in [-0.2, 0) is 22.4 Å². The molecule has 28 heavy (non-hydrogen) atoms. The average Bonchev–Trinajstić information content (AvgIpc) is 2.66. The minimum Gasteiger partial charge on any atom is -0.654 e. The molecule has 0 saturated heterocycles. The summed E-state index contributed by atoms with van der Waals surface area (Å²) in [5, 5.41) is 28.5. The number of primary amides is 2. The number of aromatic hydroxyl groups is 2. The number of nitrogens with zero attached hydrogens (tertiary/aromatic N) is 2. The van der Waals surface area contributed by atoms with Crippen molar-refractivity contribution in [2.24, 2.45) is 11.5 Å². The fourth-order valence-electron chi connectivity index (χ4n) is 2.94. The second kappa shape index (κ2) is 9.20. The van der Waals surface area contributed by atoms with Gasteiger partial charge in [-0.2, -0.15) is 14.1 Å². The van der Waals surface area contributed by atoms with Gasteiger partial charge in [0.05, 0.1) is 0 Å². The molecule has 2 atom stereocenters. The van der Waals surface area contributed by atoms with E-state index in [1.807, 2.05) is 0 Å². The highest BCUT2D eigenvalue weighted by molar-refractivity contribution is 5.83. The average molecular weight is 384 g/mol. The first-order chi connectivity index (χ1) is 13.3. The molecule has 0 heterocycles. The maximum Gasteiger partial charge on any atom is 0.200 e. The lowest BCUT2D eigenvalue weighted by molar-refractivity contribution is -0.119. The zero-order valence-electron chi connectivity index (χ0n) is 15.8.